The third-order valence-electron chi connectivity index (χ3n) is 11.1. The molecular weight excluding hydrogens is 811 g/mol. The number of aromatic carboxylic acids is 2. The van der Waals surface area contributed by atoms with Gasteiger partial charge in [0.05, 0.1) is 22.1 Å². The summed E-state index contributed by atoms with van der Waals surface area (Å²) >= 11 is 0. The summed E-state index contributed by atoms with van der Waals surface area (Å²) in [6, 6.07) is 26.3. The van der Waals surface area contributed by atoms with Gasteiger partial charge >= 0.3 is 29.3 Å². The fourth-order valence-electron chi connectivity index (χ4n) is 8.64. The van der Waals surface area contributed by atoms with Crippen LogP contribution < -0.4 is 5.32 Å². The molecule has 0 spiro atoms. The summed E-state index contributed by atoms with van der Waals surface area (Å²) in [6.07, 6.45) is 1.77. The highest BCUT2D eigenvalue weighted by Crippen LogP contribution is 2.56. The Morgan fingerprint density at radius 3 is 1.54 bits per heavy atom. The first-order valence-corrected chi connectivity index (χ1v) is 25.8. The van der Waals surface area contributed by atoms with Crippen molar-refractivity contribution < 1.29 is 51.5 Å². The minimum atomic E-state index is -2.91. The standard InChI is InChI=1S/C47H59NO11Si2/c1-7-55-60(6,56-8-2)29-18-28-48-44(50)38-27-25-34(32-40(38)46(53)54)47(41-21-14-12-19-35(41)36-20-13-15-22-42(36)47)33-24-26-37(39(31-33)45(51)52)43(49)23-16-17-30-61(57-9-3,58-10-4)59-11-5/h12-15,19-22,24-27,31-32H,7-11,16-18,23,28-30H2,1-6H3,(H,48,50)(H,51,52)(H,53,54). The summed E-state index contributed by atoms with van der Waals surface area (Å²) in [5.74, 6) is -3.39. The number of benzene rings is 4. The van der Waals surface area contributed by atoms with Crippen LogP contribution in [0.15, 0.2) is 84.9 Å². The molecule has 0 atom stereocenters. The van der Waals surface area contributed by atoms with Gasteiger partial charge in [-0.1, -0.05) is 66.7 Å². The van der Waals surface area contributed by atoms with E-state index in [0.29, 0.717) is 82.1 Å². The van der Waals surface area contributed by atoms with Crippen LogP contribution in [0.25, 0.3) is 11.1 Å². The van der Waals surface area contributed by atoms with Crippen molar-refractivity contribution in [1.29, 1.82) is 0 Å². The highest BCUT2D eigenvalue weighted by molar-refractivity contribution is 6.66. The van der Waals surface area contributed by atoms with Gasteiger partial charge in [-0.05, 0) is 118 Å². The van der Waals surface area contributed by atoms with Gasteiger partial charge in [-0.25, -0.2) is 9.59 Å². The van der Waals surface area contributed by atoms with Crippen LogP contribution in [0, 0.1) is 0 Å². The van der Waals surface area contributed by atoms with Crippen molar-refractivity contribution in [2.24, 2.45) is 0 Å². The fraction of sp³-hybridized carbons (Fsp3) is 0.404. The first kappa shape index (κ1) is 47.2. The Morgan fingerprint density at radius 1 is 0.574 bits per heavy atom. The van der Waals surface area contributed by atoms with Gasteiger partial charge in [0.15, 0.2) is 5.78 Å². The lowest BCUT2D eigenvalue weighted by molar-refractivity contribution is 0.0682. The molecule has 5 rings (SSSR count). The van der Waals surface area contributed by atoms with Crippen molar-refractivity contribution in [2.45, 2.75) is 84.4 Å². The number of rotatable bonds is 25. The Bertz CT molecular complexity index is 2120. The molecule has 0 radical (unpaired) electrons. The van der Waals surface area contributed by atoms with Gasteiger partial charge < -0.3 is 37.7 Å². The van der Waals surface area contributed by atoms with Crippen LogP contribution in [-0.4, -0.2) is 90.8 Å². The smallest absolute Gasteiger partial charge is 0.478 e. The molecule has 12 nitrogen and oxygen atoms in total. The van der Waals surface area contributed by atoms with Gasteiger partial charge in [0.2, 0.25) is 0 Å². The first-order valence-electron chi connectivity index (χ1n) is 21.3. The van der Waals surface area contributed by atoms with Crippen LogP contribution in [0.3, 0.4) is 0 Å². The van der Waals surface area contributed by atoms with Gasteiger partial charge in [0.1, 0.15) is 0 Å². The average Bonchev–Trinajstić information content (AvgIpc) is 3.55. The summed E-state index contributed by atoms with van der Waals surface area (Å²) in [5, 5.41) is 24.1. The van der Waals surface area contributed by atoms with Crippen molar-refractivity contribution in [3.8, 4) is 11.1 Å². The van der Waals surface area contributed by atoms with E-state index >= 15 is 0 Å². The van der Waals surface area contributed by atoms with Crippen LogP contribution in [0.1, 0.15) is 124 Å². The summed E-state index contributed by atoms with van der Waals surface area (Å²) in [4.78, 5) is 53.5. The maximum absolute atomic E-state index is 13.8. The number of Topliss-reactive ketones (excluding diaryl/α,β-unsaturated/α-hetero) is 1. The molecule has 1 aliphatic carbocycles. The lowest BCUT2D eigenvalue weighted by Crippen LogP contribution is -2.45. The lowest BCUT2D eigenvalue weighted by atomic mass is 9.66. The monoisotopic (exact) mass is 869 g/mol. The summed E-state index contributed by atoms with van der Waals surface area (Å²) in [6.45, 7) is 14.2. The van der Waals surface area contributed by atoms with Crippen molar-refractivity contribution in [3.05, 3.63) is 129 Å². The molecule has 3 N–H and O–H groups in total. The van der Waals surface area contributed by atoms with E-state index in [-0.39, 0.29) is 34.5 Å². The second-order valence-electron chi connectivity index (χ2n) is 14.9. The van der Waals surface area contributed by atoms with Crippen molar-refractivity contribution in [3.63, 3.8) is 0 Å². The number of hydrogen-bond acceptors (Lipinski definition) is 9. The number of amides is 1. The van der Waals surface area contributed by atoms with E-state index in [1.807, 2.05) is 89.7 Å². The molecule has 1 aliphatic rings. The minimum absolute atomic E-state index is 0.00330. The van der Waals surface area contributed by atoms with E-state index in [1.165, 1.54) is 18.2 Å². The third-order valence-corrected chi connectivity index (χ3v) is 17.3. The van der Waals surface area contributed by atoms with E-state index in [0.717, 1.165) is 22.3 Å². The molecule has 0 heterocycles. The second kappa shape index (κ2) is 21.3. The number of carboxylic acid groups (broad SMARTS) is 2. The summed E-state index contributed by atoms with van der Waals surface area (Å²) in [7, 11) is -5.32. The zero-order valence-corrected chi connectivity index (χ0v) is 38.1. The molecule has 0 bridgehead atoms. The Hall–Kier alpha value is -4.81. The van der Waals surface area contributed by atoms with Crippen LogP contribution in [0.2, 0.25) is 18.6 Å². The van der Waals surface area contributed by atoms with Gasteiger partial charge in [0, 0.05) is 57.6 Å². The van der Waals surface area contributed by atoms with Gasteiger partial charge in [-0.15, -0.1) is 0 Å². The highest BCUT2D eigenvalue weighted by Gasteiger charge is 2.47. The number of ketones is 1. The number of hydrogen-bond donors (Lipinski definition) is 3. The van der Waals surface area contributed by atoms with E-state index in [9.17, 15) is 29.4 Å². The third kappa shape index (κ3) is 10.3. The number of carboxylic acids is 2. The highest BCUT2D eigenvalue weighted by atomic mass is 28.4. The maximum Gasteiger partial charge on any atom is 0.500 e. The normalized spacial score (nSPS) is 13.1. The molecule has 14 heteroatoms. The molecule has 0 saturated carbocycles. The van der Waals surface area contributed by atoms with Crippen LogP contribution >= 0.6 is 0 Å². The predicted octanol–water partition coefficient (Wildman–Crippen LogP) is 9.11. The van der Waals surface area contributed by atoms with Gasteiger partial charge in [0.25, 0.3) is 5.91 Å². The van der Waals surface area contributed by atoms with Crippen LogP contribution in [0.5, 0.6) is 0 Å². The van der Waals surface area contributed by atoms with Gasteiger partial charge in [-0.2, -0.15) is 0 Å². The van der Waals surface area contributed by atoms with Crippen LogP contribution in [-0.2, 0) is 27.5 Å². The average molecular weight is 870 g/mol. The molecule has 0 aromatic heterocycles. The second-order valence-corrected chi connectivity index (χ2v) is 21.0. The summed E-state index contributed by atoms with van der Waals surface area (Å²) in [5.41, 5.74) is 2.97. The molecule has 0 fully saturated rings. The summed E-state index contributed by atoms with van der Waals surface area (Å²) < 4.78 is 29.7. The molecule has 61 heavy (non-hydrogen) atoms. The quantitative estimate of drug-likeness (QED) is 0.0291. The number of nitrogens with one attached hydrogen (secondary N) is 1. The van der Waals surface area contributed by atoms with Gasteiger partial charge in [-0.3, -0.25) is 9.59 Å². The Morgan fingerprint density at radius 2 is 1.05 bits per heavy atom. The predicted molar refractivity (Wildman–Crippen MR) is 238 cm³/mol. The topological polar surface area (TPSA) is 167 Å². The molecule has 4 aromatic carbocycles. The largest absolute Gasteiger partial charge is 0.500 e. The SMILES string of the molecule is CCO[Si](C)(CCCNC(=O)c1ccc(C2(c3ccc(C(=O)CCCC[Si](OCC)(OCC)OCC)c(C(=O)O)c3)c3ccccc3-c3ccccc32)cc1C(=O)O)OCC. The van der Waals surface area contributed by atoms with E-state index in [2.05, 4.69) is 5.32 Å². The number of unbranched alkanes of at least 4 members (excludes halogenated alkanes) is 1. The molecule has 0 unspecified atom stereocenters. The number of fused-ring (bicyclic) bond motifs is 3. The molecule has 4 aromatic rings. The zero-order chi connectivity index (χ0) is 44.2. The zero-order valence-electron chi connectivity index (χ0n) is 36.1. The van der Waals surface area contributed by atoms with E-state index in [4.69, 9.17) is 22.1 Å². The van der Waals surface area contributed by atoms with Crippen molar-refractivity contribution in [1.82, 2.24) is 5.32 Å². The molecule has 326 valence electrons. The maximum atomic E-state index is 13.8. The van der Waals surface area contributed by atoms with Crippen LogP contribution in [0.4, 0.5) is 0 Å². The Balaban J connectivity index is 1.53. The molecule has 0 aliphatic heterocycles. The number of carbonyl (C=O) groups excluding carboxylic acids is 2. The first-order chi connectivity index (χ1) is 29.3. The molecular formula is C47H59NO11Si2. The van der Waals surface area contributed by atoms with E-state index in [1.54, 1.807) is 18.2 Å². The Labute approximate surface area is 361 Å². The minimum Gasteiger partial charge on any atom is -0.478 e. The molecule has 1 amide bonds. The van der Waals surface area contributed by atoms with E-state index < -0.39 is 40.6 Å². The Kier molecular flexibility index (Phi) is 16.5. The van der Waals surface area contributed by atoms with Crippen molar-refractivity contribution >= 4 is 41.0 Å². The molecule has 0 saturated heterocycles. The fourth-order valence-corrected chi connectivity index (χ4v) is 13.7. The lowest BCUT2D eigenvalue weighted by Gasteiger charge is -2.34. The number of carbonyl (C=O) groups is 4. The van der Waals surface area contributed by atoms with Crippen molar-refractivity contribution in [2.75, 3.05) is 39.6 Å².